The van der Waals surface area contributed by atoms with Crippen molar-refractivity contribution in [3.8, 4) is 0 Å². The standard InChI is InChI=1S/C30H46N6O/c1-20(2)29-33-32-24(7)36(29)23(6)17-27-14-13-22(5)35(27)16-15-28(25-11-9-8-10-12-25)31-30(37)26-18-34(19-26)21(3)4/h8-12,20,22-23,26-28H,3,13-19H2,1-2,4-7H3,(H,31,37). The van der Waals surface area contributed by atoms with E-state index in [1.54, 1.807) is 0 Å². The summed E-state index contributed by atoms with van der Waals surface area (Å²) in [6, 6.07) is 11.9. The quantitative estimate of drug-likeness (QED) is 0.452. The molecular formula is C30H46N6O. The molecule has 0 aliphatic carbocycles. The first kappa shape index (κ1) is 27.4. The van der Waals surface area contributed by atoms with Gasteiger partial charge in [0, 0.05) is 49.4 Å². The molecule has 4 unspecified atom stereocenters. The van der Waals surface area contributed by atoms with Gasteiger partial charge in [0.15, 0.2) is 0 Å². The summed E-state index contributed by atoms with van der Waals surface area (Å²) in [4.78, 5) is 18.0. The minimum Gasteiger partial charge on any atom is -0.374 e. The first-order valence-electron chi connectivity index (χ1n) is 14.1. The number of nitrogens with zero attached hydrogens (tertiary/aromatic N) is 5. The van der Waals surface area contributed by atoms with Gasteiger partial charge >= 0.3 is 0 Å². The predicted octanol–water partition coefficient (Wildman–Crippen LogP) is 5.23. The lowest BCUT2D eigenvalue weighted by molar-refractivity contribution is -0.130. The van der Waals surface area contributed by atoms with E-state index in [0.717, 1.165) is 49.8 Å². The Labute approximate surface area is 223 Å². The van der Waals surface area contributed by atoms with Crippen LogP contribution in [0.25, 0.3) is 0 Å². The fraction of sp³-hybridized carbons (Fsp3) is 0.633. The zero-order chi connectivity index (χ0) is 26.7. The summed E-state index contributed by atoms with van der Waals surface area (Å²) in [5.41, 5.74) is 2.22. The minimum absolute atomic E-state index is 0.0195. The van der Waals surface area contributed by atoms with Crippen LogP contribution in [0.15, 0.2) is 42.6 Å². The number of hydrogen-bond donors (Lipinski definition) is 1. The van der Waals surface area contributed by atoms with Crippen LogP contribution in [-0.2, 0) is 4.79 Å². The molecule has 2 aliphatic rings. The van der Waals surface area contributed by atoms with Crippen LogP contribution in [0.4, 0.5) is 0 Å². The summed E-state index contributed by atoms with van der Waals surface area (Å²) in [5, 5.41) is 12.2. The molecule has 4 rings (SSSR count). The Morgan fingerprint density at radius 3 is 2.49 bits per heavy atom. The smallest absolute Gasteiger partial charge is 0.227 e. The van der Waals surface area contributed by atoms with Crippen LogP contribution in [0.3, 0.4) is 0 Å². The van der Waals surface area contributed by atoms with E-state index in [4.69, 9.17) is 0 Å². The number of carbonyl (C=O) groups is 1. The van der Waals surface area contributed by atoms with Crippen LogP contribution in [0.2, 0.25) is 0 Å². The van der Waals surface area contributed by atoms with Gasteiger partial charge in [-0.15, -0.1) is 10.2 Å². The number of rotatable bonds is 11. The number of aromatic nitrogens is 3. The summed E-state index contributed by atoms with van der Waals surface area (Å²) < 4.78 is 2.34. The Hall–Kier alpha value is -2.67. The molecule has 0 saturated carbocycles. The molecule has 2 saturated heterocycles. The SMILES string of the molecule is C=C(C)N1CC(C(=O)NC(CCN2C(C)CCC2CC(C)n2c(C)nnc2C(C)C)c2ccccc2)C1. The van der Waals surface area contributed by atoms with Crippen LogP contribution >= 0.6 is 0 Å². The molecule has 2 aromatic rings. The molecule has 0 bridgehead atoms. The van der Waals surface area contributed by atoms with E-state index in [9.17, 15) is 4.79 Å². The number of carbonyl (C=O) groups excluding carboxylic acids is 1. The van der Waals surface area contributed by atoms with Gasteiger partial charge in [-0.05, 0) is 58.9 Å². The second-order valence-corrected chi connectivity index (χ2v) is 11.6. The van der Waals surface area contributed by atoms with Crippen LogP contribution in [0.5, 0.6) is 0 Å². The molecule has 2 aliphatic heterocycles. The number of allylic oxidation sites excluding steroid dienone is 1. The number of nitrogens with one attached hydrogen (secondary N) is 1. The fourth-order valence-corrected chi connectivity index (χ4v) is 6.14. The zero-order valence-electron chi connectivity index (χ0n) is 23.7. The Bertz CT molecular complexity index is 1060. The van der Waals surface area contributed by atoms with E-state index < -0.39 is 0 Å². The number of aryl methyl sites for hydroxylation is 1. The Kier molecular flexibility index (Phi) is 8.73. The molecule has 4 atom stereocenters. The third kappa shape index (κ3) is 6.25. The zero-order valence-corrected chi connectivity index (χ0v) is 23.7. The number of likely N-dealkylation sites (tertiary alicyclic amines) is 2. The van der Waals surface area contributed by atoms with Crippen molar-refractivity contribution in [1.29, 1.82) is 0 Å². The molecular weight excluding hydrogens is 460 g/mol. The maximum absolute atomic E-state index is 13.1. The lowest BCUT2D eigenvalue weighted by Gasteiger charge is -2.41. The molecule has 2 fully saturated rings. The maximum atomic E-state index is 13.1. The highest BCUT2D eigenvalue weighted by Crippen LogP contribution is 2.33. The summed E-state index contributed by atoms with van der Waals surface area (Å²) >= 11 is 0. The molecule has 0 radical (unpaired) electrons. The van der Waals surface area contributed by atoms with Crippen molar-refractivity contribution in [2.24, 2.45) is 5.92 Å². The highest BCUT2D eigenvalue weighted by Gasteiger charge is 2.35. The molecule has 1 amide bonds. The van der Waals surface area contributed by atoms with Crippen molar-refractivity contribution >= 4 is 5.91 Å². The molecule has 1 aromatic heterocycles. The van der Waals surface area contributed by atoms with Crippen LogP contribution < -0.4 is 5.32 Å². The van der Waals surface area contributed by atoms with Gasteiger partial charge in [0.1, 0.15) is 11.6 Å². The van der Waals surface area contributed by atoms with Crippen molar-refractivity contribution in [1.82, 2.24) is 29.9 Å². The highest BCUT2D eigenvalue weighted by atomic mass is 16.2. The third-order valence-electron chi connectivity index (χ3n) is 8.40. The second kappa shape index (κ2) is 11.8. The van der Waals surface area contributed by atoms with Gasteiger partial charge in [-0.3, -0.25) is 9.69 Å². The lowest BCUT2D eigenvalue weighted by Crippen LogP contribution is -2.53. The van der Waals surface area contributed by atoms with Crippen molar-refractivity contribution in [2.75, 3.05) is 19.6 Å². The van der Waals surface area contributed by atoms with Gasteiger partial charge in [-0.25, -0.2) is 0 Å². The first-order chi connectivity index (χ1) is 17.7. The summed E-state index contributed by atoms with van der Waals surface area (Å²) in [6.45, 7) is 19.6. The van der Waals surface area contributed by atoms with Crippen molar-refractivity contribution in [2.45, 2.75) is 97.3 Å². The second-order valence-electron chi connectivity index (χ2n) is 11.6. The molecule has 37 heavy (non-hydrogen) atoms. The summed E-state index contributed by atoms with van der Waals surface area (Å²) in [6.07, 6.45) is 4.43. The van der Waals surface area contributed by atoms with E-state index in [1.807, 2.05) is 13.0 Å². The van der Waals surface area contributed by atoms with E-state index in [0.29, 0.717) is 24.0 Å². The van der Waals surface area contributed by atoms with E-state index in [2.05, 4.69) is 95.3 Å². The first-order valence-corrected chi connectivity index (χ1v) is 14.1. The highest BCUT2D eigenvalue weighted by molar-refractivity contribution is 5.80. The van der Waals surface area contributed by atoms with Gasteiger partial charge < -0.3 is 14.8 Å². The summed E-state index contributed by atoms with van der Waals surface area (Å²) in [7, 11) is 0. The normalized spacial score (nSPS) is 22.2. The third-order valence-corrected chi connectivity index (χ3v) is 8.40. The number of hydrogen-bond acceptors (Lipinski definition) is 5. The lowest BCUT2D eigenvalue weighted by atomic mass is 9.96. The van der Waals surface area contributed by atoms with E-state index in [-0.39, 0.29) is 17.9 Å². The molecule has 3 heterocycles. The molecule has 1 N–H and O–H groups in total. The van der Waals surface area contributed by atoms with Gasteiger partial charge in [0.25, 0.3) is 0 Å². The average Bonchev–Trinajstić information content (AvgIpc) is 3.38. The van der Waals surface area contributed by atoms with E-state index in [1.165, 1.54) is 18.4 Å². The van der Waals surface area contributed by atoms with Crippen LogP contribution in [0, 0.1) is 12.8 Å². The van der Waals surface area contributed by atoms with Gasteiger partial charge in [-0.1, -0.05) is 50.8 Å². The topological polar surface area (TPSA) is 66.3 Å². The number of benzene rings is 1. The molecule has 1 aromatic carbocycles. The average molecular weight is 507 g/mol. The summed E-state index contributed by atoms with van der Waals surface area (Å²) in [5.74, 6) is 2.65. The Balaban J connectivity index is 1.41. The molecule has 0 spiro atoms. The largest absolute Gasteiger partial charge is 0.374 e. The van der Waals surface area contributed by atoms with E-state index >= 15 is 0 Å². The maximum Gasteiger partial charge on any atom is 0.227 e. The predicted molar refractivity (Wildman–Crippen MR) is 149 cm³/mol. The monoisotopic (exact) mass is 506 g/mol. The van der Waals surface area contributed by atoms with Gasteiger partial charge in [-0.2, -0.15) is 0 Å². The number of amides is 1. The van der Waals surface area contributed by atoms with Gasteiger partial charge in [0.2, 0.25) is 5.91 Å². The van der Waals surface area contributed by atoms with Crippen LogP contribution in [0.1, 0.15) is 95.5 Å². The molecule has 7 nitrogen and oxygen atoms in total. The van der Waals surface area contributed by atoms with Crippen molar-refractivity contribution in [3.05, 3.63) is 59.8 Å². The van der Waals surface area contributed by atoms with Crippen molar-refractivity contribution < 1.29 is 4.79 Å². The Morgan fingerprint density at radius 1 is 1.14 bits per heavy atom. The fourth-order valence-electron chi connectivity index (χ4n) is 6.14. The Morgan fingerprint density at radius 2 is 1.84 bits per heavy atom. The van der Waals surface area contributed by atoms with Gasteiger partial charge in [0.05, 0.1) is 12.0 Å². The molecule has 7 heteroatoms. The minimum atomic E-state index is 0.0195. The molecule has 202 valence electrons. The van der Waals surface area contributed by atoms with Crippen molar-refractivity contribution in [3.63, 3.8) is 0 Å². The van der Waals surface area contributed by atoms with Crippen LogP contribution in [-0.4, -0.2) is 62.2 Å².